The van der Waals surface area contributed by atoms with Crippen LogP contribution in [0.4, 0.5) is 0 Å². The maximum Gasteiger partial charge on any atom is -0.00262 e. The fourth-order valence-electron chi connectivity index (χ4n) is 6.98. The number of benzene rings is 9. The minimum atomic E-state index is 1.25. The van der Waals surface area contributed by atoms with Crippen LogP contribution in [0.2, 0.25) is 0 Å². The Bertz CT molecular complexity index is 2350. The van der Waals surface area contributed by atoms with Crippen molar-refractivity contribution < 1.29 is 0 Å². The van der Waals surface area contributed by atoms with Crippen LogP contribution in [-0.2, 0) is 0 Å². The maximum absolute atomic E-state index is 2.40. The van der Waals surface area contributed by atoms with E-state index in [1.54, 1.807) is 0 Å². The standard InChI is InChI=1S/C40H24/c1-2-8-25(9-3-1)32-14-7-15-34-35(32)20-21-36-37(34)24-28-10-4-5-13-33(28)40(36)31-22-29-18-16-26-11-6-12-27-17-19-30(23-31)39(29)38(26)27/h1-24H. The van der Waals surface area contributed by atoms with Gasteiger partial charge in [-0.1, -0.05) is 127 Å². The average molecular weight is 505 g/mol. The fraction of sp³-hybridized carbons (Fsp3) is 0. The molecule has 9 aromatic carbocycles. The summed E-state index contributed by atoms with van der Waals surface area (Å²) in [5.74, 6) is 0. The predicted octanol–water partition coefficient (Wildman–Crippen LogP) is 11.4. The van der Waals surface area contributed by atoms with Crippen molar-refractivity contribution in [2.24, 2.45) is 0 Å². The Hall–Kier alpha value is -5.20. The van der Waals surface area contributed by atoms with E-state index in [4.69, 9.17) is 0 Å². The van der Waals surface area contributed by atoms with E-state index < -0.39 is 0 Å². The molecule has 0 atom stereocenters. The topological polar surface area (TPSA) is 0 Å². The van der Waals surface area contributed by atoms with Gasteiger partial charge in [0.25, 0.3) is 0 Å². The van der Waals surface area contributed by atoms with Crippen molar-refractivity contribution in [1.29, 1.82) is 0 Å². The van der Waals surface area contributed by atoms with Crippen LogP contribution in [0.15, 0.2) is 146 Å². The van der Waals surface area contributed by atoms with Crippen LogP contribution in [0.1, 0.15) is 0 Å². The summed E-state index contributed by atoms with van der Waals surface area (Å²) in [4.78, 5) is 0. The third-order valence-corrected chi connectivity index (χ3v) is 8.74. The summed E-state index contributed by atoms with van der Waals surface area (Å²) >= 11 is 0. The first-order valence-electron chi connectivity index (χ1n) is 13.9. The molecule has 0 fully saturated rings. The third-order valence-electron chi connectivity index (χ3n) is 8.74. The molecule has 0 unspecified atom stereocenters. The van der Waals surface area contributed by atoms with Crippen molar-refractivity contribution in [3.8, 4) is 22.3 Å². The van der Waals surface area contributed by atoms with Crippen LogP contribution in [0.5, 0.6) is 0 Å². The first-order chi connectivity index (χ1) is 19.8. The van der Waals surface area contributed by atoms with Gasteiger partial charge in [0.15, 0.2) is 0 Å². The monoisotopic (exact) mass is 504 g/mol. The van der Waals surface area contributed by atoms with Gasteiger partial charge in [-0.25, -0.2) is 0 Å². The van der Waals surface area contributed by atoms with Gasteiger partial charge in [-0.15, -0.1) is 0 Å². The largest absolute Gasteiger partial charge is 0.0622 e. The van der Waals surface area contributed by atoms with Crippen molar-refractivity contribution >= 4 is 64.6 Å². The van der Waals surface area contributed by atoms with Crippen LogP contribution < -0.4 is 0 Å². The van der Waals surface area contributed by atoms with Crippen molar-refractivity contribution in [3.05, 3.63) is 146 Å². The number of fused-ring (bicyclic) bond motifs is 4. The van der Waals surface area contributed by atoms with E-state index in [1.807, 2.05) is 0 Å². The van der Waals surface area contributed by atoms with Crippen molar-refractivity contribution in [3.63, 3.8) is 0 Å². The number of hydrogen-bond donors (Lipinski definition) is 0. The second kappa shape index (κ2) is 8.15. The van der Waals surface area contributed by atoms with Crippen LogP contribution in [0.3, 0.4) is 0 Å². The minimum absolute atomic E-state index is 1.25. The molecule has 0 aliphatic heterocycles. The zero-order valence-electron chi connectivity index (χ0n) is 21.9. The van der Waals surface area contributed by atoms with E-state index in [-0.39, 0.29) is 0 Å². The highest BCUT2D eigenvalue weighted by atomic mass is 14.2. The van der Waals surface area contributed by atoms with Crippen LogP contribution >= 0.6 is 0 Å². The normalized spacial score (nSPS) is 12.0. The molecule has 0 aromatic heterocycles. The highest BCUT2D eigenvalue weighted by molar-refractivity contribution is 6.26. The smallest absolute Gasteiger partial charge is 0.00262 e. The zero-order chi connectivity index (χ0) is 26.2. The van der Waals surface area contributed by atoms with Gasteiger partial charge >= 0.3 is 0 Å². The summed E-state index contributed by atoms with van der Waals surface area (Å²) in [6.07, 6.45) is 0. The Kier molecular flexibility index (Phi) is 4.42. The van der Waals surface area contributed by atoms with Gasteiger partial charge in [-0.3, -0.25) is 0 Å². The summed E-state index contributed by atoms with van der Waals surface area (Å²) in [6.45, 7) is 0. The summed E-state index contributed by atoms with van der Waals surface area (Å²) in [6, 6.07) is 53.9. The Morgan fingerprint density at radius 2 is 0.875 bits per heavy atom. The molecule has 0 aliphatic carbocycles. The van der Waals surface area contributed by atoms with Gasteiger partial charge in [-0.05, 0) is 105 Å². The Morgan fingerprint density at radius 1 is 0.275 bits per heavy atom. The van der Waals surface area contributed by atoms with E-state index in [9.17, 15) is 0 Å². The molecule has 0 bridgehead atoms. The molecule has 9 rings (SSSR count). The Balaban J connectivity index is 1.40. The molecule has 0 heterocycles. The van der Waals surface area contributed by atoms with Crippen LogP contribution in [0.25, 0.3) is 86.9 Å². The van der Waals surface area contributed by atoms with E-state index in [0.717, 1.165) is 0 Å². The van der Waals surface area contributed by atoms with E-state index in [1.165, 1.54) is 86.9 Å². The summed E-state index contributed by atoms with van der Waals surface area (Å²) in [5.41, 5.74) is 5.11. The highest BCUT2D eigenvalue weighted by Gasteiger charge is 2.16. The highest BCUT2D eigenvalue weighted by Crippen LogP contribution is 2.44. The van der Waals surface area contributed by atoms with Crippen LogP contribution in [-0.4, -0.2) is 0 Å². The zero-order valence-corrected chi connectivity index (χ0v) is 21.9. The van der Waals surface area contributed by atoms with E-state index in [2.05, 4.69) is 146 Å². The van der Waals surface area contributed by atoms with Crippen LogP contribution in [0, 0.1) is 0 Å². The Morgan fingerprint density at radius 3 is 1.68 bits per heavy atom. The second-order valence-corrected chi connectivity index (χ2v) is 10.9. The van der Waals surface area contributed by atoms with E-state index in [0.29, 0.717) is 0 Å². The lowest BCUT2D eigenvalue weighted by molar-refractivity contribution is 1.66. The Labute approximate surface area is 232 Å². The molecular weight excluding hydrogens is 480 g/mol. The molecule has 184 valence electrons. The first kappa shape index (κ1) is 21.7. The molecule has 40 heavy (non-hydrogen) atoms. The molecule has 0 radical (unpaired) electrons. The lowest BCUT2D eigenvalue weighted by atomic mass is 9.86. The molecule has 0 amide bonds. The maximum atomic E-state index is 2.40. The molecular formula is C40H24. The van der Waals surface area contributed by atoms with Crippen molar-refractivity contribution in [2.45, 2.75) is 0 Å². The van der Waals surface area contributed by atoms with Gasteiger partial charge in [-0.2, -0.15) is 0 Å². The van der Waals surface area contributed by atoms with Gasteiger partial charge in [0.2, 0.25) is 0 Å². The van der Waals surface area contributed by atoms with Gasteiger partial charge < -0.3 is 0 Å². The summed E-state index contributed by atoms with van der Waals surface area (Å²) in [7, 11) is 0. The molecule has 0 heteroatoms. The number of hydrogen-bond acceptors (Lipinski definition) is 0. The van der Waals surface area contributed by atoms with Gasteiger partial charge in [0.1, 0.15) is 0 Å². The summed E-state index contributed by atoms with van der Waals surface area (Å²) in [5, 5.41) is 15.7. The molecule has 0 nitrogen and oxygen atoms in total. The lowest BCUT2D eigenvalue weighted by Crippen LogP contribution is -1.90. The molecule has 0 spiro atoms. The molecule has 0 N–H and O–H groups in total. The second-order valence-electron chi connectivity index (χ2n) is 10.9. The predicted molar refractivity (Wildman–Crippen MR) is 174 cm³/mol. The number of rotatable bonds is 2. The van der Waals surface area contributed by atoms with Crippen molar-refractivity contribution in [1.82, 2.24) is 0 Å². The minimum Gasteiger partial charge on any atom is -0.0622 e. The molecule has 9 aromatic rings. The SMILES string of the molecule is c1ccc(-c2cccc3c2ccc2c(-c4cc5ccc6cccc7ccc(c4)c5c67)c4ccccc4cc23)cc1. The lowest BCUT2D eigenvalue weighted by Gasteiger charge is -2.17. The quantitative estimate of drug-likeness (QED) is 0.162. The molecule has 0 aliphatic rings. The average Bonchev–Trinajstić information content (AvgIpc) is 3.02. The summed E-state index contributed by atoms with van der Waals surface area (Å²) < 4.78 is 0. The fourth-order valence-corrected chi connectivity index (χ4v) is 6.98. The van der Waals surface area contributed by atoms with Gasteiger partial charge in [0, 0.05) is 0 Å². The van der Waals surface area contributed by atoms with Gasteiger partial charge in [0.05, 0.1) is 0 Å². The first-order valence-corrected chi connectivity index (χ1v) is 13.9. The van der Waals surface area contributed by atoms with E-state index >= 15 is 0 Å². The van der Waals surface area contributed by atoms with Crippen molar-refractivity contribution in [2.75, 3.05) is 0 Å². The third kappa shape index (κ3) is 3.02. The molecule has 0 saturated heterocycles. The molecule has 0 saturated carbocycles.